The van der Waals surface area contributed by atoms with Crippen LogP contribution in [0.3, 0.4) is 0 Å². The summed E-state index contributed by atoms with van der Waals surface area (Å²) in [4.78, 5) is 16.6. The predicted octanol–water partition coefficient (Wildman–Crippen LogP) is 5.39. The van der Waals surface area contributed by atoms with E-state index in [2.05, 4.69) is 36.1 Å². The number of amides is 1. The number of carbonyl (C=O) groups is 1. The van der Waals surface area contributed by atoms with Gasteiger partial charge in [0.05, 0.1) is 20.4 Å². The third-order valence-corrected chi connectivity index (χ3v) is 6.00. The fourth-order valence-electron chi connectivity index (χ4n) is 2.93. The average molecular weight is 511 g/mol. The number of hydrogen-bond acceptors (Lipinski definition) is 5. The summed E-state index contributed by atoms with van der Waals surface area (Å²) in [6.07, 6.45) is -3.19. The van der Waals surface area contributed by atoms with Crippen molar-refractivity contribution in [3.63, 3.8) is 0 Å². The number of fused-ring (bicyclic) bond motifs is 1. The summed E-state index contributed by atoms with van der Waals surface area (Å²) in [5.41, 5.74) is -0.268. The highest BCUT2D eigenvalue weighted by atomic mass is 79.9. The second-order valence-electron chi connectivity index (χ2n) is 6.55. The van der Waals surface area contributed by atoms with Crippen molar-refractivity contribution in [3.05, 3.63) is 34.1 Å². The lowest BCUT2D eigenvalue weighted by molar-refractivity contribution is -0.142. The second-order valence-corrected chi connectivity index (χ2v) is 8.38. The van der Waals surface area contributed by atoms with Crippen molar-refractivity contribution in [2.45, 2.75) is 38.1 Å². The van der Waals surface area contributed by atoms with Gasteiger partial charge in [-0.3, -0.25) is 9.48 Å². The molecule has 1 aliphatic rings. The zero-order valence-electron chi connectivity index (χ0n) is 14.8. The number of benzene rings is 1. The molecule has 6 nitrogen and oxygen atoms in total. The van der Waals surface area contributed by atoms with E-state index in [1.807, 2.05) is 0 Å². The van der Waals surface area contributed by atoms with Crippen LogP contribution in [0.2, 0.25) is 0 Å². The number of aromatic nitrogens is 3. The van der Waals surface area contributed by atoms with Crippen molar-refractivity contribution < 1.29 is 31.5 Å². The first-order chi connectivity index (χ1) is 14.1. The molecule has 0 saturated heterocycles. The van der Waals surface area contributed by atoms with Crippen molar-refractivity contribution in [3.8, 4) is 5.75 Å². The lowest BCUT2D eigenvalue weighted by Gasteiger charge is -2.06. The van der Waals surface area contributed by atoms with Crippen molar-refractivity contribution in [1.29, 1.82) is 0 Å². The Hall–Kier alpha value is -2.28. The van der Waals surface area contributed by atoms with Crippen molar-refractivity contribution in [2.75, 3.05) is 5.32 Å². The summed E-state index contributed by atoms with van der Waals surface area (Å²) in [7, 11) is 0. The van der Waals surface area contributed by atoms with E-state index in [-0.39, 0.29) is 21.3 Å². The zero-order valence-corrected chi connectivity index (χ0v) is 17.2. The van der Waals surface area contributed by atoms with Gasteiger partial charge in [0.2, 0.25) is 5.91 Å². The number of hydrogen-bond donors (Lipinski definition) is 1. The number of rotatable bonds is 6. The van der Waals surface area contributed by atoms with E-state index in [0.29, 0.717) is 15.9 Å². The molecule has 0 unspecified atom stereocenters. The lowest BCUT2D eigenvalue weighted by Crippen LogP contribution is -2.21. The first-order valence-electron chi connectivity index (χ1n) is 8.60. The molecule has 1 N–H and O–H groups in total. The molecule has 2 heterocycles. The van der Waals surface area contributed by atoms with Crippen molar-refractivity contribution in [1.82, 2.24) is 14.8 Å². The lowest BCUT2D eigenvalue weighted by atomic mass is 10.2. The van der Waals surface area contributed by atoms with Crippen LogP contribution in [0.4, 0.5) is 27.1 Å². The Morgan fingerprint density at radius 1 is 1.37 bits per heavy atom. The van der Waals surface area contributed by atoms with Crippen LogP contribution >= 0.6 is 27.3 Å². The molecule has 13 heteroatoms. The minimum atomic E-state index is -4.64. The van der Waals surface area contributed by atoms with Gasteiger partial charge in [0, 0.05) is 5.92 Å². The molecule has 0 aliphatic heterocycles. The summed E-state index contributed by atoms with van der Waals surface area (Å²) in [5.74, 6) is -0.732. The van der Waals surface area contributed by atoms with Gasteiger partial charge in [-0.05, 0) is 47.0 Å². The third kappa shape index (κ3) is 4.41. The Balaban J connectivity index is 1.52. The Morgan fingerprint density at radius 2 is 2.10 bits per heavy atom. The Bertz CT molecular complexity index is 1110. The summed E-state index contributed by atoms with van der Waals surface area (Å²) >= 11 is 4.00. The molecule has 0 atom stereocenters. The highest BCUT2D eigenvalue weighted by Gasteiger charge is 2.42. The molecular weight excluding hydrogens is 499 g/mol. The quantitative estimate of drug-likeness (QED) is 0.451. The van der Waals surface area contributed by atoms with E-state index in [4.69, 9.17) is 0 Å². The number of nitrogens with one attached hydrogen (secondary N) is 1. The topological polar surface area (TPSA) is 69.0 Å². The molecular formula is C17H12BrF5N4O2S. The van der Waals surface area contributed by atoms with E-state index in [1.165, 1.54) is 18.2 Å². The standard InChI is InChI=1S/C17H12BrF5N4O2S/c18-12-13(7-1-2-7)27(26-14(12)17(21,22)23)6-11(28)25-16-24-9-4-3-8(29-15(19)20)5-10(9)30-16/h3-5,7,15H,1-2,6H2,(H,24,25,28). The SMILES string of the molecule is O=C(Cn1nc(C(F)(F)F)c(Br)c1C1CC1)Nc1nc2ccc(OC(F)F)cc2s1. The van der Waals surface area contributed by atoms with Gasteiger partial charge in [-0.15, -0.1) is 0 Å². The molecule has 1 aliphatic carbocycles. The fourth-order valence-corrected chi connectivity index (χ4v) is 4.67. The molecule has 0 radical (unpaired) electrons. The van der Waals surface area contributed by atoms with Crippen LogP contribution in [0, 0.1) is 0 Å². The smallest absolute Gasteiger partial charge is 0.435 e. The fraction of sp³-hybridized carbons (Fsp3) is 0.353. The molecule has 3 aromatic rings. The summed E-state index contributed by atoms with van der Waals surface area (Å²) < 4.78 is 69.9. The van der Waals surface area contributed by atoms with Crippen molar-refractivity contribution in [2.24, 2.45) is 0 Å². The largest absolute Gasteiger partial charge is 0.436 e. The van der Waals surface area contributed by atoms with Crippen LogP contribution < -0.4 is 10.1 Å². The van der Waals surface area contributed by atoms with Gasteiger partial charge in [-0.1, -0.05) is 11.3 Å². The molecule has 0 spiro atoms. The molecule has 2 aromatic heterocycles. The maximum absolute atomic E-state index is 13.2. The number of carbonyl (C=O) groups excluding carboxylic acids is 1. The van der Waals surface area contributed by atoms with E-state index in [1.54, 1.807) is 0 Å². The highest BCUT2D eigenvalue weighted by molar-refractivity contribution is 9.10. The Labute approximate surface area is 178 Å². The van der Waals surface area contributed by atoms with Crippen LogP contribution in [0.1, 0.15) is 30.1 Å². The number of ether oxygens (including phenoxy) is 1. The molecule has 1 fully saturated rings. The highest BCUT2D eigenvalue weighted by Crippen LogP contribution is 2.47. The normalized spacial score (nSPS) is 14.5. The van der Waals surface area contributed by atoms with Gasteiger partial charge in [0.25, 0.3) is 0 Å². The number of anilines is 1. The van der Waals surface area contributed by atoms with E-state index in [9.17, 15) is 26.7 Å². The molecule has 1 aromatic carbocycles. The van der Waals surface area contributed by atoms with Gasteiger partial charge in [-0.25, -0.2) is 4.98 Å². The minimum absolute atomic E-state index is 0.0471. The predicted molar refractivity (Wildman–Crippen MR) is 102 cm³/mol. The zero-order chi connectivity index (χ0) is 21.6. The molecule has 1 saturated carbocycles. The van der Waals surface area contributed by atoms with E-state index in [0.717, 1.165) is 28.9 Å². The van der Waals surface area contributed by atoms with Crippen LogP contribution in [0.25, 0.3) is 10.2 Å². The number of alkyl halides is 5. The Kier molecular flexibility index (Phi) is 5.43. The van der Waals surface area contributed by atoms with Gasteiger partial charge in [-0.2, -0.15) is 27.1 Å². The maximum Gasteiger partial charge on any atom is 0.436 e. The maximum atomic E-state index is 13.2. The van der Waals surface area contributed by atoms with Gasteiger partial charge >= 0.3 is 12.8 Å². The summed E-state index contributed by atoms with van der Waals surface area (Å²) in [6.45, 7) is -3.39. The number of nitrogens with zero attached hydrogens (tertiary/aromatic N) is 3. The monoisotopic (exact) mass is 510 g/mol. The van der Waals surface area contributed by atoms with Crippen LogP contribution in [-0.2, 0) is 17.5 Å². The van der Waals surface area contributed by atoms with Crippen molar-refractivity contribution >= 4 is 48.5 Å². The molecule has 4 rings (SSSR count). The average Bonchev–Trinajstić information content (AvgIpc) is 3.29. The first kappa shape index (κ1) is 21.0. The first-order valence-corrected chi connectivity index (χ1v) is 10.2. The number of thiazole rings is 1. The van der Waals surface area contributed by atoms with Crippen LogP contribution in [0.15, 0.2) is 22.7 Å². The van der Waals surface area contributed by atoms with Crippen LogP contribution in [-0.4, -0.2) is 27.3 Å². The summed E-state index contributed by atoms with van der Waals surface area (Å²) in [5, 5.41) is 6.28. The Morgan fingerprint density at radius 3 is 2.73 bits per heavy atom. The molecule has 1 amide bonds. The van der Waals surface area contributed by atoms with E-state index < -0.39 is 30.9 Å². The molecule has 0 bridgehead atoms. The van der Waals surface area contributed by atoms with E-state index >= 15 is 0 Å². The molecule has 160 valence electrons. The molecule has 30 heavy (non-hydrogen) atoms. The summed E-state index contributed by atoms with van der Waals surface area (Å²) in [6, 6.07) is 4.15. The minimum Gasteiger partial charge on any atom is -0.435 e. The van der Waals surface area contributed by atoms with Gasteiger partial charge in [0.15, 0.2) is 10.8 Å². The number of halogens is 6. The van der Waals surface area contributed by atoms with Crippen LogP contribution in [0.5, 0.6) is 5.75 Å². The third-order valence-electron chi connectivity index (χ3n) is 4.29. The second kappa shape index (κ2) is 7.76. The van der Waals surface area contributed by atoms with Gasteiger partial charge in [0.1, 0.15) is 12.3 Å². The van der Waals surface area contributed by atoms with Gasteiger partial charge < -0.3 is 10.1 Å².